The van der Waals surface area contributed by atoms with Gasteiger partial charge in [-0.3, -0.25) is 4.79 Å². The summed E-state index contributed by atoms with van der Waals surface area (Å²) in [6.07, 6.45) is 0.578. The molecule has 1 unspecified atom stereocenters. The van der Waals surface area contributed by atoms with Gasteiger partial charge in [0.15, 0.2) is 0 Å². The monoisotopic (exact) mass is 476 g/mol. The van der Waals surface area contributed by atoms with Crippen LogP contribution in [-0.4, -0.2) is 41.4 Å². The Balaban J connectivity index is 1.67. The molecule has 0 aliphatic carbocycles. The van der Waals surface area contributed by atoms with Crippen molar-refractivity contribution in [3.63, 3.8) is 0 Å². The third-order valence-corrected chi connectivity index (χ3v) is 6.63. The number of rotatable bonds is 5. The van der Waals surface area contributed by atoms with Gasteiger partial charge in [0.05, 0.1) is 34.9 Å². The minimum Gasteiger partial charge on any atom is -0.506 e. The first-order valence-corrected chi connectivity index (χ1v) is 10.9. The number of fused-ring (bicyclic) bond motifs is 1. The summed E-state index contributed by atoms with van der Waals surface area (Å²) in [5, 5.41) is 13.9. The van der Waals surface area contributed by atoms with Crippen molar-refractivity contribution in [2.45, 2.75) is 18.9 Å². The Hall–Kier alpha value is -2.74. The summed E-state index contributed by atoms with van der Waals surface area (Å²) in [5.41, 5.74) is 1.46. The number of carbonyl (C=O) groups excluding carboxylic acids is 2. The van der Waals surface area contributed by atoms with E-state index < -0.39 is 11.5 Å². The van der Waals surface area contributed by atoms with E-state index in [4.69, 9.17) is 32.7 Å². The molecular formula is C23H22Cl2N2O5. The van der Waals surface area contributed by atoms with Crippen LogP contribution in [0.15, 0.2) is 36.4 Å². The van der Waals surface area contributed by atoms with Gasteiger partial charge < -0.3 is 24.5 Å². The number of nitrogens with one attached hydrogen (secondary N) is 1. The molecular weight excluding hydrogens is 455 g/mol. The Morgan fingerprint density at radius 2 is 1.94 bits per heavy atom. The smallest absolute Gasteiger partial charge is 0.338 e. The number of halogens is 2. The number of hydrogen-bond acceptors (Lipinski definition) is 5. The third-order valence-electron chi connectivity index (χ3n) is 5.76. The van der Waals surface area contributed by atoms with Crippen molar-refractivity contribution >= 4 is 46.0 Å². The Morgan fingerprint density at radius 3 is 2.56 bits per heavy atom. The molecule has 0 radical (unpaired) electrons. The van der Waals surface area contributed by atoms with Gasteiger partial charge in [-0.15, -0.1) is 0 Å². The van der Waals surface area contributed by atoms with Gasteiger partial charge in [0.2, 0.25) is 0 Å². The Bertz CT molecular complexity index is 1200. The molecule has 168 valence electrons. The average Bonchev–Trinajstić information content (AvgIpc) is 3.38. The molecule has 1 atom stereocenters. The first-order chi connectivity index (χ1) is 15.3. The lowest BCUT2D eigenvalue weighted by Gasteiger charge is -2.29. The molecule has 1 aliphatic rings. The van der Waals surface area contributed by atoms with Crippen LogP contribution in [0.5, 0.6) is 5.75 Å². The number of aryl methyl sites for hydroxylation is 1. The molecule has 1 aromatic heterocycles. The number of phenolic OH excluding ortho intramolecular Hbond substituents is 1. The molecule has 1 amide bonds. The van der Waals surface area contributed by atoms with E-state index in [0.717, 1.165) is 5.56 Å². The lowest BCUT2D eigenvalue weighted by Crippen LogP contribution is -2.47. The fraction of sp³-hybridized carbons (Fsp3) is 0.304. The molecule has 1 saturated heterocycles. The van der Waals surface area contributed by atoms with E-state index in [-0.39, 0.29) is 21.7 Å². The van der Waals surface area contributed by atoms with Gasteiger partial charge in [-0.25, -0.2) is 4.79 Å². The highest BCUT2D eigenvalue weighted by molar-refractivity contribution is 6.46. The van der Waals surface area contributed by atoms with Crippen LogP contribution >= 0.6 is 23.2 Å². The second-order valence-corrected chi connectivity index (χ2v) is 8.44. The Morgan fingerprint density at radius 1 is 1.22 bits per heavy atom. The maximum absolute atomic E-state index is 13.3. The minimum absolute atomic E-state index is 0.0408. The molecule has 1 aliphatic heterocycles. The summed E-state index contributed by atoms with van der Waals surface area (Å²) >= 11 is 12.3. The number of benzene rings is 2. The maximum atomic E-state index is 13.3. The van der Waals surface area contributed by atoms with Crippen molar-refractivity contribution in [2.75, 3.05) is 19.8 Å². The topological polar surface area (TPSA) is 89.8 Å². The Kier molecular flexibility index (Phi) is 6.07. The van der Waals surface area contributed by atoms with Crippen molar-refractivity contribution in [3.05, 3.63) is 63.3 Å². The normalized spacial score (nSPS) is 18.1. The lowest BCUT2D eigenvalue weighted by atomic mass is 9.88. The molecule has 9 heteroatoms. The van der Waals surface area contributed by atoms with Crippen LogP contribution in [0.4, 0.5) is 0 Å². The van der Waals surface area contributed by atoms with Crippen molar-refractivity contribution in [1.82, 2.24) is 9.88 Å². The molecule has 2 N–H and O–H groups in total. The first kappa shape index (κ1) is 22.5. The van der Waals surface area contributed by atoms with E-state index in [2.05, 4.69) is 5.32 Å². The van der Waals surface area contributed by atoms with Crippen LogP contribution in [0.3, 0.4) is 0 Å². The van der Waals surface area contributed by atoms with Gasteiger partial charge in [0, 0.05) is 31.5 Å². The van der Waals surface area contributed by atoms with Gasteiger partial charge in [-0.05, 0) is 30.7 Å². The molecule has 32 heavy (non-hydrogen) atoms. The van der Waals surface area contributed by atoms with Gasteiger partial charge in [-0.2, -0.15) is 0 Å². The second kappa shape index (κ2) is 8.65. The number of nitrogens with zero attached hydrogens (tertiary/aromatic N) is 1. The summed E-state index contributed by atoms with van der Waals surface area (Å²) in [5.74, 6) is -0.871. The predicted octanol–water partition coefficient (Wildman–Crippen LogP) is 4.41. The number of aromatic hydroxyl groups is 1. The summed E-state index contributed by atoms with van der Waals surface area (Å²) in [4.78, 5) is 25.3. The third kappa shape index (κ3) is 3.81. The van der Waals surface area contributed by atoms with Gasteiger partial charge in [-0.1, -0.05) is 35.3 Å². The van der Waals surface area contributed by atoms with E-state index in [0.29, 0.717) is 48.4 Å². The molecule has 4 rings (SSSR count). The molecule has 2 aromatic carbocycles. The van der Waals surface area contributed by atoms with Crippen molar-refractivity contribution in [1.29, 1.82) is 0 Å². The number of aromatic nitrogens is 1. The van der Waals surface area contributed by atoms with Crippen LogP contribution < -0.4 is 5.32 Å². The summed E-state index contributed by atoms with van der Waals surface area (Å²) in [6.45, 7) is 2.84. The van der Waals surface area contributed by atoms with Gasteiger partial charge in [0.25, 0.3) is 5.91 Å². The summed E-state index contributed by atoms with van der Waals surface area (Å²) < 4.78 is 12.3. The molecule has 3 aromatic rings. The largest absolute Gasteiger partial charge is 0.506 e. The number of amides is 1. The minimum atomic E-state index is -0.746. The predicted molar refractivity (Wildman–Crippen MR) is 122 cm³/mol. The van der Waals surface area contributed by atoms with Crippen LogP contribution in [0.1, 0.15) is 39.8 Å². The summed E-state index contributed by atoms with van der Waals surface area (Å²) in [6, 6.07) is 10.1. The molecule has 0 bridgehead atoms. The SMILES string of the molecule is CCOC(=O)c1ccc(C2(NC(=O)c3cc4c(Cl)c(Cl)c(O)cc4n3C)CCOC2)cc1. The molecule has 1 fully saturated rings. The van der Waals surface area contributed by atoms with Crippen molar-refractivity contribution in [2.24, 2.45) is 7.05 Å². The number of ether oxygens (including phenoxy) is 2. The van der Waals surface area contributed by atoms with Crippen molar-refractivity contribution < 1.29 is 24.2 Å². The van der Waals surface area contributed by atoms with E-state index in [9.17, 15) is 14.7 Å². The fourth-order valence-electron chi connectivity index (χ4n) is 3.99. The van der Waals surface area contributed by atoms with Crippen LogP contribution in [0.25, 0.3) is 10.9 Å². The zero-order valence-corrected chi connectivity index (χ0v) is 19.1. The fourth-order valence-corrected chi connectivity index (χ4v) is 4.40. The second-order valence-electron chi connectivity index (χ2n) is 7.68. The molecule has 7 nitrogen and oxygen atoms in total. The zero-order valence-electron chi connectivity index (χ0n) is 17.6. The summed E-state index contributed by atoms with van der Waals surface area (Å²) in [7, 11) is 1.72. The number of esters is 1. The van der Waals surface area contributed by atoms with E-state index in [1.165, 1.54) is 6.07 Å². The van der Waals surface area contributed by atoms with Gasteiger partial charge >= 0.3 is 5.97 Å². The highest BCUT2D eigenvalue weighted by Gasteiger charge is 2.39. The number of phenols is 1. The highest BCUT2D eigenvalue weighted by atomic mass is 35.5. The molecule has 0 spiro atoms. The van der Waals surface area contributed by atoms with Crippen LogP contribution in [-0.2, 0) is 22.1 Å². The van der Waals surface area contributed by atoms with Crippen LogP contribution in [0, 0.1) is 0 Å². The van der Waals surface area contributed by atoms with Crippen LogP contribution in [0.2, 0.25) is 10.0 Å². The quantitative estimate of drug-likeness (QED) is 0.532. The maximum Gasteiger partial charge on any atom is 0.338 e. The number of carbonyl (C=O) groups is 2. The highest BCUT2D eigenvalue weighted by Crippen LogP contribution is 2.39. The molecule has 2 heterocycles. The number of hydrogen-bond donors (Lipinski definition) is 2. The van der Waals surface area contributed by atoms with Crippen molar-refractivity contribution in [3.8, 4) is 5.75 Å². The molecule has 0 saturated carbocycles. The van der Waals surface area contributed by atoms with E-state index in [1.807, 2.05) is 0 Å². The lowest BCUT2D eigenvalue weighted by molar-refractivity contribution is 0.0526. The van der Waals surface area contributed by atoms with E-state index in [1.54, 1.807) is 48.9 Å². The average molecular weight is 477 g/mol. The van der Waals surface area contributed by atoms with E-state index >= 15 is 0 Å². The first-order valence-electron chi connectivity index (χ1n) is 10.1. The zero-order chi connectivity index (χ0) is 23.0. The Labute approximate surface area is 194 Å². The standard InChI is InChI=1S/C23H22Cl2N2O5/c1-3-32-22(30)13-4-6-14(7-5-13)23(8-9-31-12-23)26-21(29)17-10-15-16(27(17)2)11-18(28)20(25)19(15)24/h4-7,10-11,28H,3,8-9,12H2,1-2H3,(H,26,29). The van der Waals surface area contributed by atoms with Gasteiger partial charge in [0.1, 0.15) is 16.5 Å².